The Bertz CT molecular complexity index is 561. The Morgan fingerprint density at radius 1 is 1.09 bits per heavy atom. The fourth-order valence-corrected chi connectivity index (χ4v) is 3.76. The highest BCUT2D eigenvalue weighted by Crippen LogP contribution is 2.25. The van der Waals surface area contributed by atoms with Gasteiger partial charge in [-0.25, -0.2) is 4.79 Å². The lowest BCUT2D eigenvalue weighted by Gasteiger charge is -2.35. The molecule has 0 radical (unpaired) electrons. The standard InChI is InChI=1S/C18H24N2O3/c21-17(20-11-5-9-16(20)18(22)23)15-8-4-10-19(13-15)12-14-6-2-1-3-7-14/h1-3,6-7,15-16H,4-5,8-13H2,(H,22,23)/t15?,16-/m0/s1. The van der Waals surface area contributed by atoms with Crippen molar-refractivity contribution in [2.24, 2.45) is 5.92 Å². The second-order valence-corrected chi connectivity index (χ2v) is 6.59. The maximum absolute atomic E-state index is 12.7. The Kier molecular flexibility index (Phi) is 4.96. The molecular formula is C18H24N2O3. The first kappa shape index (κ1) is 16.0. The molecule has 2 saturated heterocycles. The van der Waals surface area contributed by atoms with Gasteiger partial charge in [0.15, 0.2) is 0 Å². The third-order valence-electron chi connectivity index (χ3n) is 4.92. The van der Waals surface area contributed by atoms with Crippen LogP contribution >= 0.6 is 0 Å². The minimum Gasteiger partial charge on any atom is -0.480 e. The van der Waals surface area contributed by atoms with Crippen molar-refractivity contribution in [3.05, 3.63) is 35.9 Å². The average molecular weight is 316 g/mol. The van der Waals surface area contributed by atoms with Gasteiger partial charge < -0.3 is 10.0 Å². The maximum Gasteiger partial charge on any atom is 0.326 e. The summed E-state index contributed by atoms with van der Waals surface area (Å²) in [6.07, 6.45) is 3.24. The SMILES string of the molecule is O=C(O)[C@@H]1CCCN1C(=O)C1CCCN(Cc2ccccc2)C1. The third-order valence-corrected chi connectivity index (χ3v) is 4.92. The Hall–Kier alpha value is -1.88. The van der Waals surface area contributed by atoms with Crippen LogP contribution in [0.1, 0.15) is 31.2 Å². The molecule has 2 aliphatic rings. The number of carboxylic acid groups (broad SMARTS) is 1. The molecular weight excluding hydrogens is 292 g/mol. The Morgan fingerprint density at radius 2 is 1.83 bits per heavy atom. The molecule has 3 rings (SSSR count). The predicted molar refractivity (Wildman–Crippen MR) is 86.8 cm³/mol. The maximum atomic E-state index is 12.7. The summed E-state index contributed by atoms with van der Waals surface area (Å²) < 4.78 is 0. The van der Waals surface area contributed by atoms with Crippen molar-refractivity contribution < 1.29 is 14.7 Å². The molecule has 2 fully saturated rings. The zero-order chi connectivity index (χ0) is 16.2. The van der Waals surface area contributed by atoms with Gasteiger partial charge in [-0.2, -0.15) is 0 Å². The van der Waals surface area contributed by atoms with Crippen molar-refractivity contribution in [3.63, 3.8) is 0 Å². The van der Waals surface area contributed by atoms with Crippen LogP contribution in [0.4, 0.5) is 0 Å². The van der Waals surface area contributed by atoms with Crippen LogP contribution in [0.2, 0.25) is 0 Å². The van der Waals surface area contributed by atoms with E-state index in [2.05, 4.69) is 17.0 Å². The lowest BCUT2D eigenvalue weighted by Crippen LogP contribution is -2.48. The number of carboxylic acids is 1. The van der Waals surface area contributed by atoms with Crippen molar-refractivity contribution in [1.29, 1.82) is 0 Å². The smallest absolute Gasteiger partial charge is 0.326 e. The van der Waals surface area contributed by atoms with Gasteiger partial charge in [0.2, 0.25) is 5.91 Å². The molecule has 124 valence electrons. The number of carbonyl (C=O) groups excluding carboxylic acids is 1. The highest BCUT2D eigenvalue weighted by atomic mass is 16.4. The zero-order valence-electron chi connectivity index (χ0n) is 13.4. The first-order chi connectivity index (χ1) is 11.1. The molecule has 23 heavy (non-hydrogen) atoms. The summed E-state index contributed by atoms with van der Waals surface area (Å²) in [6.45, 7) is 3.18. The predicted octanol–water partition coefficient (Wildman–Crippen LogP) is 1.97. The first-order valence-electron chi connectivity index (χ1n) is 8.44. The van der Waals surface area contributed by atoms with E-state index in [4.69, 9.17) is 0 Å². The fourth-order valence-electron chi connectivity index (χ4n) is 3.76. The van der Waals surface area contributed by atoms with Crippen LogP contribution in [0.15, 0.2) is 30.3 Å². The van der Waals surface area contributed by atoms with Gasteiger partial charge in [-0.05, 0) is 37.8 Å². The lowest BCUT2D eigenvalue weighted by atomic mass is 9.95. The van der Waals surface area contributed by atoms with E-state index in [9.17, 15) is 14.7 Å². The monoisotopic (exact) mass is 316 g/mol. The fraction of sp³-hybridized carbons (Fsp3) is 0.556. The summed E-state index contributed by atoms with van der Waals surface area (Å²) in [7, 11) is 0. The second kappa shape index (κ2) is 7.13. The number of hydrogen-bond acceptors (Lipinski definition) is 3. The number of piperidine rings is 1. The summed E-state index contributed by atoms with van der Waals surface area (Å²) in [6, 6.07) is 9.66. The number of nitrogens with zero attached hydrogens (tertiary/aromatic N) is 2. The largest absolute Gasteiger partial charge is 0.480 e. The Labute approximate surface area is 136 Å². The molecule has 0 bridgehead atoms. The van der Waals surface area contributed by atoms with E-state index in [0.717, 1.165) is 38.9 Å². The van der Waals surface area contributed by atoms with Gasteiger partial charge >= 0.3 is 5.97 Å². The van der Waals surface area contributed by atoms with Crippen molar-refractivity contribution in [1.82, 2.24) is 9.80 Å². The summed E-state index contributed by atoms with van der Waals surface area (Å²) >= 11 is 0. The second-order valence-electron chi connectivity index (χ2n) is 6.59. The Morgan fingerprint density at radius 3 is 2.57 bits per heavy atom. The van der Waals surface area contributed by atoms with Gasteiger partial charge in [-0.1, -0.05) is 30.3 Å². The number of hydrogen-bond donors (Lipinski definition) is 1. The summed E-state index contributed by atoms with van der Waals surface area (Å²) in [4.78, 5) is 28.0. The summed E-state index contributed by atoms with van der Waals surface area (Å²) in [5.74, 6) is -0.895. The number of amides is 1. The van der Waals surface area contributed by atoms with Gasteiger partial charge in [0.1, 0.15) is 6.04 Å². The molecule has 2 aliphatic heterocycles. The third kappa shape index (κ3) is 3.72. The average Bonchev–Trinajstić information content (AvgIpc) is 3.05. The van der Waals surface area contributed by atoms with E-state index in [1.54, 1.807) is 4.90 Å². The van der Waals surface area contributed by atoms with E-state index < -0.39 is 12.0 Å². The zero-order valence-corrected chi connectivity index (χ0v) is 13.4. The molecule has 1 aromatic carbocycles. The molecule has 2 atom stereocenters. The molecule has 2 heterocycles. The highest BCUT2D eigenvalue weighted by molar-refractivity contribution is 5.85. The van der Waals surface area contributed by atoms with Crippen molar-refractivity contribution in [2.45, 2.75) is 38.3 Å². The van der Waals surface area contributed by atoms with Crippen LogP contribution in [0.5, 0.6) is 0 Å². The number of likely N-dealkylation sites (tertiary alicyclic amines) is 2. The molecule has 1 unspecified atom stereocenters. The van der Waals surface area contributed by atoms with Gasteiger partial charge in [0.05, 0.1) is 5.92 Å². The normalized spacial score (nSPS) is 25.5. The minimum absolute atomic E-state index is 0.0349. The van der Waals surface area contributed by atoms with Crippen molar-refractivity contribution in [3.8, 4) is 0 Å². The molecule has 5 nitrogen and oxygen atoms in total. The molecule has 0 aromatic heterocycles. The van der Waals surface area contributed by atoms with Crippen molar-refractivity contribution in [2.75, 3.05) is 19.6 Å². The van der Waals surface area contributed by atoms with Crippen molar-refractivity contribution >= 4 is 11.9 Å². The van der Waals surface area contributed by atoms with Crippen LogP contribution in [0.3, 0.4) is 0 Å². The van der Waals surface area contributed by atoms with Gasteiger partial charge in [0, 0.05) is 19.6 Å². The quantitative estimate of drug-likeness (QED) is 0.922. The lowest BCUT2D eigenvalue weighted by molar-refractivity contribution is -0.150. The van der Waals surface area contributed by atoms with E-state index >= 15 is 0 Å². The number of rotatable bonds is 4. The summed E-state index contributed by atoms with van der Waals surface area (Å²) in [5.41, 5.74) is 1.25. The molecule has 1 amide bonds. The van der Waals surface area contributed by atoms with E-state index in [0.29, 0.717) is 13.0 Å². The highest BCUT2D eigenvalue weighted by Gasteiger charge is 2.38. The number of benzene rings is 1. The van der Waals surface area contributed by atoms with E-state index in [1.807, 2.05) is 18.2 Å². The molecule has 0 saturated carbocycles. The van der Waals surface area contributed by atoms with Crippen LogP contribution < -0.4 is 0 Å². The van der Waals surface area contributed by atoms with Crippen LogP contribution in [0, 0.1) is 5.92 Å². The number of carbonyl (C=O) groups is 2. The van der Waals surface area contributed by atoms with E-state index in [1.165, 1.54) is 5.56 Å². The minimum atomic E-state index is -0.868. The molecule has 0 aliphatic carbocycles. The van der Waals surface area contributed by atoms with Crippen LogP contribution in [-0.2, 0) is 16.1 Å². The molecule has 5 heteroatoms. The first-order valence-corrected chi connectivity index (χ1v) is 8.44. The van der Waals surface area contributed by atoms with E-state index in [-0.39, 0.29) is 11.8 Å². The molecule has 1 aromatic rings. The van der Waals surface area contributed by atoms with Crippen LogP contribution in [0.25, 0.3) is 0 Å². The topological polar surface area (TPSA) is 60.9 Å². The van der Waals surface area contributed by atoms with Gasteiger partial charge in [-0.3, -0.25) is 9.69 Å². The summed E-state index contributed by atoms with van der Waals surface area (Å²) in [5, 5.41) is 9.27. The Balaban J connectivity index is 1.61. The molecule has 1 N–H and O–H groups in total. The van der Waals surface area contributed by atoms with Crippen LogP contribution in [-0.4, -0.2) is 52.5 Å². The molecule has 0 spiro atoms. The van der Waals surface area contributed by atoms with Gasteiger partial charge in [0.25, 0.3) is 0 Å². The van der Waals surface area contributed by atoms with Gasteiger partial charge in [-0.15, -0.1) is 0 Å². The number of aliphatic carboxylic acids is 1.